The molecule has 1 amide bonds. The number of hydrogen-bond donors (Lipinski definition) is 1. The van der Waals surface area contributed by atoms with Gasteiger partial charge in [0.1, 0.15) is 5.37 Å². The maximum Gasteiger partial charge on any atom is 0.238 e. The van der Waals surface area contributed by atoms with Crippen molar-refractivity contribution >= 4 is 27.7 Å². The molecule has 1 unspecified atom stereocenters. The van der Waals surface area contributed by atoms with Gasteiger partial charge in [-0.1, -0.05) is 42.5 Å². The maximum absolute atomic E-state index is 12.2. The molecule has 1 heterocycles. The number of benzene rings is 2. The smallest absolute Gasteiger partial charge is 0.238 e. The summed E-state index contributed by atoms with van der Waals surface area (Å²) in [5.74, 6) is 0.624. The second-order valence-corrected chi connectivity index (χ2v) is 8.23. The molecule has 1 saturated heterocycles. The zero-order valence-corrected chi connectivity index (χ0v) is 14.6. The van der Waals surface area contributed by atoms with E-state index in [-0.39, 0.29) is 16.2 Å². The first-order valence-electron chi connectivity index (χ1n) is 7.53. The molecule has 1 atom stereocenters. The first-order chi connectivity index (χ1) is 11.4. The van der Waals surface area contributed by atoms with E-state index in [1.807, 2.05) is 35.2 Å². The minimum atomic E-state index is -3.67. The van der Waals surface area contributed by atoms with Crippen LogP contribution in [0.15, 0.2) is 59.5 Å². The number of nitrogens with two attached hydrogens (primary N) is 1. The second-order valence-electron chi connectivity index (χ2n) is 5.60. The van der Waals surface area contributed by atoms with E-state index in [9.17, 15) is 13.2 Å². The highest BCUT2D eigenvalue weighted by Crippen LogP contribution is 2.38. The van der Waals surface area contributed by atoms with Gasteiger partial charge in [0.2, 0.25) is 15.9 Å². The Morgan fingerprint density at radius 1 is 1.08 bits per heavy atom. The summed E-state index contributed by atoms with van der Waals surface area (Å²) in [6.45, 7) is 0.597. The van der Waals surface area contributed by atoms with Crippen molar-refractivity contribution in [1.82, 2.24) is 4.90 Å². The molecule has 2 aromatic carbocycles. The molecular formula is C17H18N2O3S2. The van der Waals surface area contributed by atoms with Crippen molar-refractivity contribution in [1.29, 1.82) is 0 Å². The minimum Gasteiger partial charge on any atom is -0.326 e. The van der Waals surface area contributed by atoms with Crippen LogP contribution in [0.4, 0.5) is 0 Å². The predicted octanol–water partition coefficient (Wildman–Crippen LogP) is 2.15. The quantitative estimate of drug-likeness (QED) is 0.884. The van der Waals surface area contributed by atoms with E-state index in [2.05, 4.69) is 0 Å². The molecule has 7 heteroatoms. The molecule has 0 spiro atoms. The highest BCUT2D eigenvalue weighted by Gasteiger charge is 2.32. The molecule has 2 aromatic rings. The fourth-order valence-electron chi connectivity index (χ4n) is 2.69. The number of carbonyl (C=O) groups excluding carboxylic acids is 1. The highest BCUT2D eigenvalue weighted by molar-refractivity contribution is 8.00. The van der Waals surface area contributed by atoms with E-state index in [1.54, 1.807) is 23.9 Å². The maximum atomic E-state index is 12.2. The fourth-order valence-corrected chi connectivity index (χ4v) is 4.42. The summed E-state index contributed by atoms with van der Waals surface area (Å²) in [4.78, 5) is 14.2. The Morgan fingerprint density at radius 2 is 1.75 bits per heavy atom. The van der Waals surface area contributed by atoms with Crippen molar-refractivity contribution in [3.05, 3.63) is 65.7 Å². The van der Waals surface area contributed by atoms with Gasteiger partial charge in [0.15, 0.2) is 0 Å². The molecule has 0 aliphatic carbocycles. The van der Waals surface area contributed by atoms with Gasteiger partial charge in [-0.15, -0.1) is 11.8 Å². The molecule has 2 N–H and O–H groups in total. The fraction of sp³-hybridized carbons (Fsp3) is 0.235. The minimum absolute atomic E-state index is 0.0439. The summed E-state index contributed by atoms with van der Waals surface area (Å²) in [6.07, 6.45) is 0.667. The first kappa shape index (κ1) is 17.0. The van der Waals surface area contributed by atoms with Crippen LogP contribution in [0.2, 0.25) is 0 Å². The van der Waals surface area contributed by atoms with Crippen LogP contribution in [0.5, 0.6) is 0 Å². The summed E-state index contributed by atoms with van der Waals surface area (Å²) >= 11 is 1.63. The van der Waals surface area contributed by atoms with E-state index in [4.69, 9.17) is 5.14 Å². The lowest BCUT2D eigenvalue weighted by Gasteiger charge is -2.24. The lowest BCUT2D eigenvalue weighted by molar-refractivity contribution is -0.128. The van der Waals surface area contributed by atoms with Crippen LogP contribution in [0.25, 0.3) is 0 Å². The number of primary sulfonamides is 1. The van der Waals surface area contributed by atoms with E-state index < -0.39 is 10.0 Å². The van der Waals surface area contributed by atoms with Crippen LogP contribution >= 0.6 is 11.8 Å². The van der Waals surface area contributed by atoms with Crippen molar-refractivity contribution in [2.75, 3.05) is 12.3 Å². The molecule has 126 valence electrons. The second kappa shape index (κ2) is 6.96. The first-order valence-corrected chi connectivity index (χ1v) is 10.1. The Balaban J connectivity index is 1.69. The van der Waals surface area contributed by atoms with E-state index in [1.165, 1.54) is 12.1 Å². The van der Waals surface area contributed by atoms with Crippen LogP contribution in [0.3, 0.4) is 0 Å². The lowest BCUT2D eigenvalue weighted by Crippen LogP contribution is -2.30. The van der Waals surface area contributed by atoms with Crippen molar-refractivity contribution < 1.29 is 13.2 Å². The van der Waals surface area contributed by atoms with Crippen molar-refractivity contribution in [3.63, 3.8) is 0 Å². The highest BCUT2D eigenvalue weighted by atomic mass is 32.2. The molecular weight excluding hydrogens is 344 g/mol. The van der Waals surface area contributed by atoms with Crippen LogP contribution in [-0.4, -0.2) is 31.5 Å². The van der Waals surface area contributed by atoms with Crippen molar-refractivity contribution in [3.8, 4) is 0 Å². The van der Waals surface area contributed by atoms with Crippen molar-refractivity contribution in [2.45, 2.75) is 16.7 Å². The molecule has 0 aromatic heterocycles. The Morgan fingerprint density at radius 3 is 2.38 bits per heavy atom. The van der Waals surface area contributed by atoms with Gasteiger partial charge in [-0.3, -0.25) is 4.79 Å². The zero-order valence-electron chi connectivity index (χ0n) is 13.0. The summed E-state index contributed by atoms with van der Waals surface area (Å²) in [5, 5.41) is 5.14. The number of sulfonamides is 1. The van der Waals surface area contributed by atoms with Crippen LogP contribution < -0.4 is 5.14 Å². The van der Waals surface area contributed by atoms with Gasteiger partial charge in [-0.05, 0) is 29.7 Å². The molecule has 1 aliphatic rings. The van der Waals surface area contributed by atoms with Gasteiger partial charge in [0.25, 0.3) is 0 Å². The molecule has 5 nitrogen and oxygen atoms in total. The molecule has 0 radical (unpaired) electrons. The Kier molecular flexibility index (Phi) is 4.93. The number of nitrogens with zero attached hydrogens (tertiary/aromatic N) is 1. The summed E-state index contributed by atoms with van der Waals surface area (Å²) in [6, 6.07) is 16.5. The van der Waals surface area contributed by atoms with Gasteiger partial charge in [-0.25, -0.2) is 13.6 Å². The Labute approximate surface area is 145 Å². The largest absolute Gasteiger partial charge is 0.326 e. The van der Waals surface area contributed by atoms with Crippen LogP contribution in [0.1, 0.15) is 16.5 Å². The molecule has 0 bridgehead atoms. The summed E-state index contributed by atoms with van der Waals surface area (Å²) in [5.41, 5.74) is 2.09. The standard InChI is InChI=1S/C17H18N2O3S2/c18-24(21,22)15-8-6-13(7-9-15)10-11-19-16(20)12-23-17(19)14-4-2-1-3-5-14/h1-9,17H,10-12H2,(H2,18,21,22). The van der Waals surface area contributed by atoms with Gasteiger partial charge in [0, 0.05) is 6.54 Å². The number of hydrogen-bond acceptors (Lipinski definition) is 4. The van der Waals surface area contributed by atoms with Gasteiger partial charge in [-0.2, -0.15) is 0 Å². The number of amides is 1. The van der Waals surface area contributed by atoms with Gasteiger partial charge in [0.05, 0.1) is 10.6 Å². The lowest BCUT2D eigenvalue weighted by atomic mass is 10.1. The Bertz CT molecular complexity index is 821. The third-order valence-electron chi connectivity index (χ3n) is 3.95. The third kappa shape index (κ3) is 3.80. The monoisotopic (exact) mass is 362 g/mol. The van der Waals surface area contributed by atoms with Crippen molar-refractivity contribution in [2.24, 2.45) is 5.14 Å². The SMILES string of the molecule is NS(=O)(=O)c1ccc(CCN2C(=O)CSC2c2ccccc2)cc1. The van der Waals surface area contributed by atoms with Gasteiger partial charge >= 0.3 is 0 Å². The summed E-state index contributed by atoms with van der Waals surface area (Å²) < 4.78 is 22.6. The van der Waals surface area contributed by atoms with E-state index in [0.717, 1.165) is 11.1 Å². The topological polar surface area (TPSA) is 80.5 Å². The molecule has 3 rings (SSSR count). The molecule has 1 fully saturated rings. The third-order valence-corrected chi connectivity index (χ3v) is 6.13. The number of rotatable bonds is 5. The Hall–Kier alpha value is -1.83. The average molecular weight is 362 g/mol. The number of carbonyl (C=O) groups is 1. The van der Waals surface area contributed by atoms with E-state index in [0.29, 0.717) is 18.7 Å². The molecule has 1 aliphatic heterocycles. The molecule has 0 saturated carbocycles. The summed E-state index contributed by atoms with van der Waals surface area (Å²) in [7, 11) is -3.67. The normalized spacial score (nSPS) is 18.1. The number of thioether (sulfide) groups is 1. The van der Waals surface area contributed by atoms with Crippen LogP contribution in [-0.2, 0) is 21.2 Å². The zero-order chi connectivity index (χ0) is 17.2. The van der Waals surface area contributed by atoms with Gasteiger partial charge < -0.3 is 4.90 Å². The molecule has 24 heavy (non-hydrogen) atoms. The predicted molar refractivity (Wildman–Crippen MR) is 94.9 cm³/mol. The average Bonchev–Trinajstić information content (AvgIpc) is 2.94. The van der Waals surface area contributed by atoms with E-state index >= 15 is 0 Å². The van der Waals surface area contributed by atoms with Crippen LogP contribution in [0, 0.1) is 0 Å².